The molecule has 0 aliphatic heterocycles. The molecule has 1 aromatic heterocycles. The topological polar surface area (TPSA) is 35.0 Å². The summed E-state index contributed by atoms with van der Waals surface area (Å²) in [6.45, 7) is 4.04. The van der Waals surface area contributed by atoms with Crippen molar-refractivity contribution in [2.75, 3.05) is 6.61 Å². The van der Waals surface area contributed by atoms with E-state index in [1.54, 1.807) is 12.4 Å². The number of ether oxygens (including phenoxy) is 1. The summed E-state index contributed by atoms with van der Waals surface area (Å²) in [5.74, 6) is -2.37. The van der Waals surface area contributed by atoms with Gasteiger partial charge in [0.05, 0.1) is 5.56 Å². The van der Waals surface area contributed by atoms with Gasteiger partial charge in [0.2, 0.25) is 5.82 Å². The lowest BCUT2D eigenvalue weighted by atomic mass is 10.1. The standard InChI is InChI=1S/C29H43F3N2O/c1-3-5-7-9-10-11-12-13-14-16-23-20-33-29(34-21-23)25-18-19-26(28(32)27(25)31)35-22-24(30)17-15-8-6-4-2/h18-21,24H,3-17,22H2,1-2H3. The van der Waals surface area contributed by atoms with Crippen LogP contribution in [0.3, 0.4) is 0 Å². The molecule has 0 bridgehead atoms. The summed E-state index contributed by atoms with van der Waals surface area (Å²) < 4.78 is 48.3. The molecule has 0 aliphatic rings. The maximum atomic E-state index is 14.7. The predicted molar refractivity (Wildman–Crippen MR) is 137 cm³/mol. The van der Waals surface area contributed by atoms with E-state index in [0.717, 1.165) is 44.1 Å². The van der Waals surface area contributed by atoms with Gasteiger partial charge in [0.25, 0.3) is 0 Å². The quantitative estimate of drug-likeness (QED) is 0.183. The molecule has 6 heteroatoms. The molecule has 1 heterocycles. The molecular weight excluding hydrogens is 449 g/mol. The number of rotatable bonds is 19. The van der Waals surface area contributed by atoms with Gasteiger partial charge in [0, 0.05) is 12.4 Å². The minimum absolute atomic E-state index is 0.0270. The van der Waals surface area contributed by atoms with Crippen LogP contribution in [-0.2, 0) is 6.42 Å². The second-order valence-electron chi connectivity index (χ2n) is 9.49. The third-order valence-corrected chi connectivity index (χ3v) is 6.35. The van der Waals surface area contributed by atoms with Gasteiger partial charge in [-0.3, -0.25) is 0 Å². The molecule has 1 atom stereocenters. The van der Waals surface area contributed by atoms with Crippen LogP contribution in [0.1, 0.15) is 109 Å². The van der Waals surface area contributed by atoms with E-state index in [-0.39, 0.29) is 23.7 Å². The summed E-state index contributed by atoms with van der Waals surface area (Å²) >= 11 is 0. The Hall–Kier alpha value is -2.11. The normalized spacial score (nSPS) is 12.1. The third kappa shape index (κ3) is 11.0. The first-order chi connectivity index (χ1) is 17.1. The van der Waals surface area contributed by atoms with E-state index in [1.807, 2.05) is 0 Å². The molecule has 2 aromatic rings. The van der Waals surface area contributed by atoms with Crippen molar-refractivity contribution in [2.45, 2.75) is 116 Å². The van der Waals surface area contributed by atoms with Crippen LogP contribution in [0, 0.1) is 11.6 Å². The summed E-state index contributed by atoms with van der Waals surface area (Å²) in [4.78, 5) is 8.48. The molecule has 0 aliphatic carbocycles. The SMILES string of the molecule is CCCCCCCCCCCc1cnc(-c2ccc(OCC(F)CCCCCC)c(F)c2F)nc1. The van der Waals surface area contributed by atoms with Crippen molar-refractivity contribution in [3.05, 3.63) is 41.7 Å². The fourth-order valence-corrected chi connectivity index (χ4v) is 4.13. The first-order valence-electron chi connectivity index (χ1n) is 13.6. The average Bonchev–Trinajstić information content (AvgIpc) is 2.87. The summed E-state index contributed by atoms with van der Waals surface area (Å²) in [6, 6.07) is 2.70. The van der Waals surface area contributed by atoms with Crippen LogP contribution in [-0.4, -0.2) is 22.7 Å². The molecule has 0 saturated carbocycles. The number of hydrogen-bond acceptors (Lipinski definition) is 3. The Morgan fingerprint density at radius 2 is 1.31 bits per heavy atom. The Morgan fingerprint density at radius 1 is 0.743 bits per heavy atom. The summed E-state index contributed by atoms with van der Waals surface area (Å²) in [5.41, 5.74) is 0.964. The summed E-state index contributed by atoms with van der Waals surface area (Å²) in [6.07, 6.45) is 18.7. The minimum atomic E-state index is -1.20. The van der Waals surface area contributed by atoms with Crippen molar-refractivity contribution in [2.24, 2.45) is 0 Å². The maximum absolute atomic E-state index is 14.7. The van der Waals surface area contributed by atoms with Gasteiger partial charge in [-0.25, -0.2) is 18.7 Å². The lowest BCUT2D eigenvalue weighted by molar-refractivity contribution is 0.177. The number of hydrogen-bond donors (Lipinski definition) is 0. The van der Waals surface area contributed by atoms with Gasteiger partial charge in [0.15, 0.2) is 17.4 Å². The Morgan fingerprint density at radius 3 is 1.94 bits per heavy atom. The molecule has 0 fully saturated rings. The molecule has 35 heavy (non-hydrogen) atoms. The van der Waals surface area contributed by atoms with Gasteiger partial charge in [-0.2, -0.15) is 4.39 Å². The zero-order valence-corrected chi connectivity index (χ0v) is 21.6. The van der Waals surface area contributed by atoms with E-state index >= 15 is 0 Å². The molecule has 0 radical (unpaired) electrons. The first kappa shape index (κ1) is 29.1. The lowest BCUT2D eigenvalue weighted by Gasteiger charge is -2.12. The molecule has 3 nitrogen and oxygen atoms in total. The minimum Gasteiger partial charge on any atom is -0.487 e. The Kier molecular flexibility index (Phi) is 14.4. The number of aromatic nitrogens is 2. The van der Waals surface area contributed by atoms with Crippen LogP contribution >= 0.6 is 0 Å². The second kappa shape index (κ2) is 17.3. The second-order valence-corrected chi connectivity index (χ2v) is 9.49. The highest BCUT2D eigenvalue weighted by atomic mass is 19.2. The largest absolute Gasteiger partial charge is 0.487 e. The average molecular weight is 493 g/mol. The van der Waals surface area contributed by atoms with Gasteiger partial charge in [0.1, 0.15) is 12.8 Å². The number of alkyl halides is 1. The number of unbranched alkanes of at least 4 members (excludes halogenated alkanes) is 11. The molecule has 1 aromatic carbocycles. The molecule has 0 spiro atoms. The van der Waals surface area contributed by atoms with E-state index in [1.165, 1.54) is 63.5 Å². The van der Waals surface area contributed by atoms with Crippen molar-refractivity contribution >= 4 is 0 Å². The molecule has 1 unspecified atom stereocenters. The van der Waals surface area contributed by atoms with Crippen LogP contribution in [0.15, 0.2) is 24.5 Å². The zero-order valence-electron chi connectivity index (χ0n) is 21.6. The highest BCUT2D eigenvalue weighted by molar-refractivity contribution is 5.57. The molecule has 196 valence electrons. The Bertz CT molecular complexity index is 829. The zero-order chi connectivity index (χ0) is 25.3. The van der Waals surface area contributed by atoms with Crippen LogP contribution < -0.4 is 4.74 Å². The van der Waals surface area contributed by atoms with Crippen molar-refractivity contribution in [3.63, 3.8) is 0 Å². The van der Waals surface area contributed by atoms with Gasteiger partial charge in [-0.05, 0) is 37.0 Å². The molecule has 0 amide bonds. The number of aryl methyl sites for hydroxylation is 1. The number of halogens is 3. The van der Waals surface area contributed by atoms with E-state index in [2.05, 4.69) is 23.8 Å². The smallest absolute Gasteiger partial charge is 0.201 e. The summed E-state index contributed by atoms with van der Waals surface area (Å²) in [7, 11) is 0. The maximum Gasteiger partial charge on any atom is 0.201 e. The van der Waals surface area contributed by atoms with Crippen molar-refractivity contribution in [3.8, 4) is 17.1 Å². The van der Waals surface area contributed by atoms with Gasteiger partial charge in [-0.1, -0.05) is 90.9 Å². The highest BCUT2D eigenvalue weighted by Gasteiger charge is 2.18. The van der Waals surface area contributed by atoms with E-state index in [4.69, 9.17) is 4.74 Å². The first-order valence-corrected chi connectivity index (χ1v) is 13.6. The molecule has 0 saturated heterocycles. The fraction of sp³-hybridized carbons (Fsp3) is 0.655. The number of benzene rings is 1. The van der Waals surface area contributed by atoms with Crippen LogP contribution in [0.2, 0.25) is 0 Å². The third-order valence-electron chi connectivity index (χ3n) is 6.35. The van der Waals surface area contributed by atoms with Crippen molar-refractivity contribution < 1.29 is 17.9 Å². The predicted octanol–water partition coefficient (Wildman–Crippen LogP) is 9.18. The fourth-order valence-electron chi connectivity index (χ4n) is 4.13. The van der Waals surface area contributed by atoms with Crippen molar-refractivity contribution in [1.29, 1.82) is 0 Å². The van der Waals surface area contributed by atoms with Crippen molar-refractivity contribution in [1.82, 2.24) is 9.97 Å². The monoisotopic (exact) mass is 492 g/mol. The molecule has 2 rings (SSSR count). The van der Waals surface area contributed by atoms with Gasteiger partial charge >= 0.3 is 0 Å². The van der Waals surface area contributed by atoms with E-state index in [0.29, 0.717) is 6.42 Å². The summed E-state index contributed by atoms with van der Waals surface area (Å²) in [5, 5.41) is 0. The Labute approximate surface area is 209 Å². The molecule has 0 N–H and O–H groups in total. The van der Waals surface area contributed by atoms with Crippen LogP contribution in [0.4, 0.5) is 13.2 Å². The lowest BCUT2D eigenvalue weighted by Crippen LogP contribution is -2.14. The van der Waals surface area contributed by atoms with Crippen LogP contribution in [0.25, 0.3) is 11.4 Å². The van der Waals surface area contributed by atoms with Gasteiger partial charge in [-0.15, -0.1) is 0 Å². The van der Waals surface area contributed by atoms with Gasteiger partial charge < -0.3 is 4.74 Å². The number of nitrogens with zero attached hydrogens (tertiary/aromatic N) is 2. The molecular formula is C29H43F3N2O. The van der Waals surface area contributed by atoms with Crippen LogP contribution in [0.5, 0.6) is 5.75 Å². The highest BCUT2D eigenvalue weighted by Crippen LogP contribution is 2.28. The van der Waals surface area contributed by atoms with E-state index in [9.17, 15) is 13.2 Å². The Balaban J connectivity index is 1.78. The van der Waals surface area contributed by atoms with E-state index < -0.39 is 17.8 Å².